The van der Waals surface area contributed by atoms with Crippen molar-refractivity contribution in [2.24, 2.45) is 0 Å². The smallest absolute Gasteiger partial charge is 0.331 e. The molecule has 0 fully saturated rings. The first-order chi connectivity index (χ1) is 10.4. The Balaban J connectivity index is 2.42. The molecule has 114 valence electrons. The lowest BCUT2D eigenvalue weighted by Gasteiger charge is -2.09. The lowest BCUT2D eigenvalue weighted by atomic mass is 10.2. The molecule has 5 nitrogen and oxygen atoms in total. The van der Waals surface area contributed by atoms with Crippen LogP contribution in [0.2, 0.25) is 0 Å². The number of hydrogen-bond acceptors (Lipinski definition) is 3. The summed E-state index contributed by atoms with van der Waals surface area (Å²) in [6.45, 7) is 0.274. The fourth-order valence-corrected chi connectivity index (χ4v) is 2.82. The Morgan fingerprint density at radius 1 is 1.27 bits per heavy atom. The average molecular weight is 322 g/mol. The van der Waals surface area contributed by atoms with Crippen molar-refractivity contribution in [1.29, 1.82) is 0 Å². The van der Waals surface area contributed by atoms with Crippen molar-refractivity contribution in [3.8, 4) is 5.69 Å². The van der Waals surface area contributed by atoms with Crippen LogP contribution in [-0.2, 0) is 0 Å². The normalized spacial score (nSPS) is 11.5. The number of nitrogens with one attached hydrogen (secondary N) is 1. The van der Waals surface area contributed by atoms with Gasteiger partial charge in [-0.25, -0.2) is 9.25 Å². The zero-order valence-corrected chi connectivity index (χ0v) is 12.6. The first-order valence-electron chi connectivity index (χ1n) is 6.50. The molecule has 3 aromatic rings. The van der Waals surface area contributed by atoms with Gasteiger partial charge in [0.2, 0.25) is 0 Å². The number of aromatic amines is 1. The Morgan fingerprint density at radius 3 is 2.59 bits per heavy atom. The van der Waals surface area contributed by atoms with Crippen LogP contribution in [0, 0.1) is 18.6 Å². The van der Waals surface area contributed by atoms with Crippen LogP contribution < -0.4 is 5.56 Å². The molecule has 1 aromatic carbocycles. The molecule has 0 atom stereocenters. The summed E-state index contributed by atoms with van der Waals surface area (Å²) >= 11 is 5.23. The second-order valence-corrected chi connectivity index (χ2v) is 5.24. The fourth-order valence-electron chi connectivity index (χ4n) is 2.53. The van der Waals surface area contributed by atoms with Crippen LogP contribution in [0.25, 0.3) is 16.6 Å². The van der Waals surface area contributed by atoms with Crippen LogP contribution in [0.15, 0.2) is 29.1 Å². The van der Waals surface area contributed by atoms with Crippen LogP contribution in [-0.4, -0.2) is 19.3 Å². The maximum Gasteiger partial charge on any atom is 0.333 e. The van der Waals surface area contributed by atoms with E-state index in [1.165, 1.54) is 11.5 Å². The third-order valence-electron chi connectivity index (χ3n) is 3.50. The van der Waals surface area contributed by atoms with Gasteiger partial charge in [0.15, 0.2) is 4.77 Å². The molecule has 8 heteroatoms. The summed E-state index contributed by atoms with van der Waals surface area (Å²) in [7, 11) is 0. The number of rotatable bonds is 2. The summed E-state index contributed by atoms with van der Waals surface area (Å²) in [5, 5.41) is 4.23. The predicted molar refractivity (Wildman–Crippen MR) is 81.2 cm³/mol. The molecule has 22 heavy (non-hydrogen) atoms. The Morgan fingerprint density at radius 2 is 1.95 bits per heavy atom. The summed E-state index contributed by atoms with van der Waals surface area (Å²) in [4.78, 5) is 15.6. The van der Waals surface area contributed by atoms with Gasteiger partial charge in [-0.05, 0) is 38.2 Å². The number of H-pyrrole nitrogens is 1. The Labute approximate surface area is 128 Å². The van der Waals surface area contributed by atoms with Gasteiger partial charge in [-0.1, -0.05) is 12.1 Å². The van der Waals surface area contributed by atoms with Gasteiger partial charge in [-0.15, -0.1) is 0 Å². The van der Waals surface area contributed by atoms with Crippen molar-refractivity contribution in [2.75, 3.05) is 0 Å². The van der Waals surface area contributed by atoms with Crippen molar-refractivity contribution in [2.45, 2.75) is 20.4 Å². The molecule has 0 bridgehead atoms. The van der Waals surface area contributed by atoms with E-state index in [1.54, 1.807) is 31.2 Å². The number of benzene rings is 1. The van der Waals surface area contributed by atoms with E-state index >= 15 is 0 Å². The summed E-state index contributed by atoms with van der Waals surface area (Å²) in [6, 6.07) is 6.90. The molecule has 1 N–H and O–H groups in total. The minimum atomic E-state index is -2.78. The van der Waals surface area contributed by atoms with Crippen LogP contribution in [0.4, 0.5) is 8.78 Å². The molecule has 0 radical (unpaired) electrons. The van der Waals surface area contributed by atoms with Crippen molar-refractivity contribution in [3.05, 3.63) is 50.8 Å². The molecule has 0 aliphatic carbocycles. The molecule has 0 aliphatic rings. The standard InChI is InChI=1S/C14H12F2N4OS/c1-7-11(8(2)20(18-7)13(15)16)19-12(21)9-5-3-4-6-10(9)17-14(19)22/h3-6,13H,1-2H3,(H,17,22). The van der Waals surface area contributed by atoms with Crippen molar-refractivity contribution in [3.63, 3.8) is 0 Å². The summed E-state index contributed by atoms with van der Waals surface area (Å²) in [5.41, 5.74) is 1.03. The van der Waals surface area contributed by atoms with Crippen LogP contribution >= 0.6 is 12.2 Å². The molecule has 3 rings (SSSR count). The van der Waals surface area contributed by atoms with Crippen molar-refractivity contribution >= 4 is 23.1 Å². The molecule has 0 aliphatic heterocycles. The second-order valence-electron chi connectivity index (χ2n) is 4.86. The molecule has 0 amide bonds. The van der Waals surface area contributed by atoms with Crippen LogP contribution in [0.1, 0.15) is 17.9 Å². The van der Waals surface area contributed by atoms with Gasteiger partial charge < -0.3 is 4.98 Å². The van der Waals surface area contributed by atoms with Gasteiger partial charge in [0, 0.05) is 0 Å². The number of hydrogen-bond donors (Lipinski definition) is 1. The number of aryl methyl sites for hydroxylation is 1. The van der Waals surface area contributed by atoms with Crippen molar-refractivity contribution < 1.29 is 8.78 Å². The third-order valence-corrected chi connectivity index (χ3v) is 3.79. The molecule has 0 unspecified atom stereocenters. The number of para-hydroxylation sites is 1. The SMILES string of the molecule is Cc1nn(C(F)F)c(C)c1-n1c(=S)[nH]c2ccccc2c1=O. The molecule has 0 saturated heterocycles. The first-order valence-corrected chi connectivity index (χ1v) is 6.91. The van der Waals surface area contributed by atoms with Gasteiger partial charge >= 0.3 is 6.55 Å². The predicted octanol–water partition coefficient (Wildman–Crippen LogP) is 3.26. The van der Waals surface area contributed by atoms with Gasteiger partial charge in [-0.2, -0.15) is 13.9 Å². The highest BCUT2D eigenvalue weighted by Gasteiger charge is 2.20. The average Bonchev–Trinajstić information content (AvgIpc) is 2.76. The zero-order chi connectivity index (χ0) is 16.0. The number of aromatic nitrogens is 4. The van der Waals surface area contributed by atoms with Gasteiger partial charge in [0.25, 0.3) is 5.56 Å². The monoisotopic (exact) mass is 322 g/mol. The highest BCUT2D eigenvalue weighted by molar-refractivity contribution is 7.71. The maximum absolute atomic E-state index is 13.0. The van der Waals surface area contributed by atoms with E-state index in [0.29, 0.717) is 21.3 Å². The fraction of sp³-hybridized carbons (Fsp3) is 0.214. The number of halogens is 2. The van der Waals surface area contributed by atoms with Gasteiger partial charge in [0.1, 0.15) is 0 Å². The maximum atomic E-state index is 13.0. The Kier molecular flexibility index (Phi) is 3.40. The van der Waals surface area contributed by atoms with Crippen molar-refractivity contribution in [1.82, 2.24) is 19.3 Å². The van der Waals surface area contributed by atoms with Crippen LogP contribution in [0.5, 0.6) is 0 Å². The second kappa shape index (κ2) is 5.13. The van der Waals surface area contributed by atoms with E-state index in [-0.39, 0.29) is 21.7 Å². The van der Waals surface area contributed by atoms with Gasteiger partial charge in [0.05, 0.1) is 28.0 Å². The van der Waals surface area contributed by atoms with Crippen LogP contribution in [0.3, 0.4) is 0 Å². The van der Waals surface area contributed by atoms with E-state index < -0.39 is 6.55 Å². The van der Waals surface area contributed by atoms with E-state index in [9.17, 15) is 13.6 Å². The first kappa shape index (κ1) is 14.6. The number of fused-ring (bicyclic) bond motifs is 1. The lowest BCUT2D eigenvalue weighted by molar-refractivity contribution is 0.0541. The Hall–Kier alpha value is -2.35. The molecular formula is C14H12F2N4OS. The highest BCUT2D eigenvalue weighted by atomic mass is 32.1. The minimum absolute atomic E-state index is 0.142. The van der Waals surface area contributed by atoms with E-state index in [2.05, 4.69) is 10.1 Å². The zero-order valence-electron chi connectivity index (χ0n) is 11.8. The lowest BCUT2D eigenvalue weighted by Crippen LogP contribution is -2.21. The topological polar surface area (TPSA) is 55.6 Å². The highest BCUT2D eigenvalue weighted by Crippen LogP contribution is 2.22. The number of nitrogens with zero attached hydrogens (tertiary/aromatic N) is 3. The molecular weight excluding hydrogens is 310 g/mol. The summed E-state index contributed by atoms with van der Waals surface area (Å²) in [5.74, 6) is 0. The quantitative estimate of drug-likeness (QED) is 0.737. The number of alkyl halides is 2. The minimum Gasteiger partial charge on any atom is -0.331 e. The van der Waals surface area contributed by atoms with Gasteiger partial charge in [-0.3, -0.25) is 4.79 Å². The van der Waals surface area contributed by atoms with E-state index in [1.807, 2.05) is 0 Å². The third kappa shape index (κ3) is 2.07. The van der Waals surface area contributed by atoms with E-state index in [4.69, 9.17) is 12.2 Å². The largest absolute Gasteiger partial charge is 0.333 e. The molecule has 0 spiro atoms. The Bertz CT molecular complexity index is 987. The van der Waals surface area contributed by atoms with E-state index in [0.717, 1.165) is 0 Å². The molecule has 2 aromatic heterocycles. The molecule has 2 heterocycles. The summed E-state index contributed by atoms with van der Waals surface area (Å²) < 4.78 is 27.9. The molecule has 0 saturated carbocycles. The summed E-state index contributed by atoms with van der Waals surface area (Å²) in [6.07, 6.45) is 0.